The summed E-state index contributed by atoms with van der Waals surface area (Å²) in [5, 5.41) is 6.10. The van der Waals surface area contributed by atoms with Gasteiger partial charge in [0.15, 0.2) is 6.61 Å². The van der Waals surface area contributed by atoms with E-state index in [1.165, 1.54) is 30.3 Å². The average Bonchev–Trinajstić information content (AvgIpc) is 2.84. The van der Waals surface area contributed by atoms with Gasteiger partial charge in [0.2, 0.25) is 5.76 Å². The highest BCUT2D eigenvalue weighted by atomic mass is 19.4. The number of rotatable bonds is 4. The largest absolute Gasteiger partial charge is 0.484 e. The maximum absolute atomic E-state index is 12.0. The Morgan fingerprint density at radius 1 is 1.33 bits per heavy atom. The van der Waals surface area contributed by atoms with Crippen LogP contribution in [-0.4, -0.2) is 23.8 Å². The second-order valence-electron chi connectivity index (χ2n) is 4.21. The van der Waals surface area contributed by atoms with Crippen molar-refractivity contribution in [3.8, 4) is 5.75 Å². The third kappa shape index (κ3) is 4.51. The SMILES string of the molecule is Cc1cc(C(=O)Nc2ccc(OCC(F)(F)F)cc2)on1. The lowest BCUT2D eigenvalue weighted by atomic mass is 10.3. The number of carbonyl (C=O) groups is 1. The summed E-state index contributed by atoms with van der Waals surface area (Å²) in [5.74, 6) is -0.398. The number of aromatic nitrogens is 1. The number of amides is 1. The molecule has 0 spiro atoms. The molecule has 0 atom stereocenters. The molecular formula is C13H11F3N2O3. The molecule has 0 saturated heterocycles. The molecule has 0 aliphatic heterocycles. The minimum Gasteiger partial charge on any atom is -0.484 e. The number of benzene rings is 1. The van der Waals surface area contributed by atoms with Crippen LogP contribution in [0.15, 0.2) is 34.9 Å². The first-order valence-corrected chi connectivity index (χ1v) is 5.88. The Bertz CT molecular complexity index is 620. The number of alkyl halides is 3. The third-order valence-corrected chi connectivity index (χ3v) is 2.37. The van der Waals surface area contributed by atoms with Gasteiger partial charge < -0.3 is 14.6 Å². The van der Waals surface area contributed by atoms with Crippen molar-refractivity contribution in [1.29, 1.82) is 0 Å². The molecule has 2 rings (SSSR count). The van der Waals surface area contributed by atoms with E-state index in [4.69, 9.17) is 4.52 Å². The van der Waals surface area contributed by atoms with Crippen LogP contribution in [0.25, 0.3) is 0 Å². The number of hydrogen-bond donors (Lipinski definition) is 1. The Labute approximate surface area is 117 Å². The molecule has 1 aromatic carbocycles. The smallest absolute Gasteiger partial charge is 0.422 e. The van der Waals surface area contributed by atoms with Crippen molar-refractivity contribution < 1.29 is 27.2 Å². The van der Waals surface area contributed by atoms with E-state index < -0.39 is 18.7 Å². The van der Waals surface area contributed by atoms with Crippen molar-refractivity contribution >= 4 is 11.6 Å². The predicted octanol–water partition coefficient (Wildman–Crippen LogP) is 3.18. The van der Waals surface area contributed by atoms with Crippen LogP contribution in [0.2, 0.25) is 0 Å². The fourth-order valence-electron chi connectivity index (χ4n) is 1.46. The van der Waals surface area contributed by atoms with Crippen LogP contribution in [0.1, 0.15) is 16.2 Å². The molecule has 0 saturated carbocycles. The van der Waals surface area contributed by atoms with Crippen LogP contribution in [0.4, 0.5) is 18.9 Å². The summed E-state index contributed by atoms with van der Waals surface area (Å²) in [7, 11) is 0. The molecule has 0 fully saturated rings. The molecular weight excluding hydrogens is 289 g/mol. The highest BCUT2D eigenvalue weighted by molar-refractivity contribution is 6.02. The molecule has 0 bridgehead atoms. The van der Waals surface area contributed by atoms with Crippen LogP contribution in [0.5, 0.6) is 5.75 Å². The van der Waals surface area contributed by atoms with E-state index in [0.29, 0.717) is 11.4 Å². The van der Waals surface area contributed by atoms with Crippen LogP contribution in [0, 0.1) is 6.92 Å². The van der Waals surface area contributed by atoms with Gasteiger partial charge in [-0.2, -0.15) is 13.2 Å². The van der Waals surface area contributed by atoms with Gasteiger partial charge in [0.1, 0.15) is 5.75 Å². The van der Waals surface area contributed by atoms with Gasteiger partial charge in [0.25, 0.3) is 5.91 Å². The third-order valence-electron chi connectivity index (χ3n) is 2.37. The molecule has 112 valence electrons. The van der Waals surface area contributed by atoms with Crippen molar-refractivity contribution in [2.45, 2.75) is 13.1 Å². The van der Waals surface area contributed by atoms with Gasteiger partial charge in [-0.05, 0) is 31.2 Å². The molecule has 1 amide bonds. The number of halogens is 3. The Balaban J connectivity index is 1.94. The van der Waals surface area contributed by atoms with E-state index in [1.54, 1.807) is 6.92 Å². The number of carbonyl (C=O) groups excluding carboxylic acids is 1. The summed E-state index contributed by atoms with van der Waals surface area (Å²) in [6.07, 6.45) is -4.39. The van der Waals surface area contributed by atoms with Gasteiger partial charge in [-0.15, -0.1) is 0 Å². The monoisotopic (exact) mass is 300 g/mol. The highest BCUT2D eigenvalue weighted by Gasteiger charge is 2.28. The highest BCUT2D eigenvalue weighted by Crippen LogP contribution is 2.20. The molecule has 1 heterocycles. The first-order valence-electron chi connectivity index (χ1n) is 5.88. The normalized spacial score (nSPS) is 11.2. The second-order valence-corrected chi connectivity index (χ2v) is 4.21. The Hall–Kier alpha value is -2.51. The fraction of sp³-hybridized carbons (Fsp3) is 0.231. The van der Waals surface area contributed by atoms with Crippen LogP contribution in [-0.2, 0) is 0 Å². The van der Waals surface area contributed by atoms with Crippen molar-refractivity contribution in [3.05, 3.63) is 41.8 Å². The summed E-state index contributed by atoms with van der Waals surface area (Å²) >= 11 is 0. The molecule has 0 aliphatic carbocycles. The second kappa shape index (κ2) is 5.86. The number of nitrogens with zero attached hydrogens (tertiary/aromatic N) is 1. The van der Waals surface area contributed by atoms with Crippen molar-refractivity contribution in [3.63, 3.8) is 0 Å². The Morgan fingerprint density at radius 3 is 2.52 bits per heavy atom. The van der Waals surface area contributed by atoms with E-state index in [9.17, 15) is 18.0 Å². The first kappa shape index (κ1) is 14.9. The Morgan fingerprint density at radius 2 is 2.00 bits per heavy atom. The van der Waals surface area contributed by atoms with Crippen molar-refractivity contribution in [1.82, 2.24) is 5.16 Å². The molecule has 8 heteroatoms. The van der Waals surface area contributed by atoms with Gasteiger partial charge in [-0.3, -0.25) is 4.79 Å². The predicted molar refractivity (Wildman–Crippen MR) is 67.2 cm³/mol. The van der Waals surface area contributed by atoms with Gasteiger partial charge in [-0.25, -0.2) is 0 Å². The zero-order valence-electron chi connectivity index (χ0n) is 10.9. The number of aryl methyl sites for hydroxylation is 1. The fourth-order valence-corrected chi connectivity index (χ4v) is 1.46. The standard InChI is InChI=1S/C13H11F3N2O3/c1-8-6-11(21-18-8)12(19)17-9-2-4-10(5-3-9)20-7-13(14,15)16/h2-6H,7H2,1H3,(H,17,19). The zero-order chi connectivity index (χ0) is 15.5. The van der Waals surface area contributed by atoms with Gasteiger partial charge in [-0.1, -0.05) is 5.16 Å². The van der Waals surface area contributed by atoms with Gasteiger partial charge in [0, 0.05) is 11.8 Å². The summed E-state index contributed by atoms with van der Waals surface area (Å²) in [6, 6.07) is 6.97. The van der Waals surface area contributed by atoms with E-state index in [1.807, 2.05) is 0 Å². The van der Waals surface area contributed by atoms with Gasteiger partial charge >= 0.3 is 6.18 Å². The lowest BCUT2D eigenvalue weighted by Gasteiger charge is -2.09. The molecule has 2 aromatic rings. The Kier molecular flexibility index (Phi) is 4.15. The van der Waals surface area contributed by atoms with E-state index in [-0.39, 0.29) is 11.5 Å². The maximum Gasteiger partial charge on any atom is 0.422 e. The zero-order valence-corrected chi connectivity index (χ0v) is 10.9. The summed E-state index contributed by atoms with van der Waals surface area (Å²) < 4.78 is 45.3. The minimum atomic E-state index is -4.39. The maximum atomic E-state index is 12.0. The van der Waals surface area contributed by atoms with Crippen LogP contribution < -0.4 is 10.1 Å². The first-order chi connectivity index (χ1) is 9.83. The minimum absolute atomic E-state index is 0.0462. The van der Waals surface area contributed by atoms with E-state index in [2.05, 4.69) is 15.2 Å². The number of nitrogens with one attached hydrogen (secondary N) is 1. The summed E-state index contributed by atoms with van der Waals surface area (Å²) in [4.78, 5) is 11.7. The van der Waals surface area contributed by atoms with E-state index >= 15 is 0 Å². The number of hydrogen-bond acceptors (Lipinski definition) is 4. The summed E-state index contributed by atoms with van der Waals surface area (Å²) in [5.41, 5.74) is 0.962. The molecule has 5 nitrogen and oxygen atoms in total. The summed E-state index contributed by atoms with van der Waals surface area (Å²) in [6.45, 7) is 0.309. The molecule has 0 aliphatic rings. The lowest BCUT2D eigenvalue weighted by Crippen LogP contribution is -2.19. The molecule has 21 heavy (non-hydrogen) atoms. The molecule has 1 aromatic heterocycles. The molecule has 0 unspecified atom stereocenters. The van der Waals surface area contributed by atoms with Crippen molar-refractivity contribution in [2.24, 2.45) is 0 Å². The van der Waals surface area contributed by atoms with Crippen molar-refractivity contribution in [2.75, 3.05) is 11.9 Å². The molecule has 0 radical (unpaired) electrons. The quantitative estimate of drug-likeness (QED) is 0.942. The average molecular weight is 300 g/mol. The van der Waals surface area contributed by atoms with E-state index in [0.717, 1.165) is 0 Å². The number of ether oxygens (including phenoxy) is 1. The van der Waals surface area contributed by atoms with Crippen LogP contribution in [0.3, 0.4) is 0 Å². The lowest BCUT2D eigenvalue weighted by molar-refractivity contribution is -0.153. The van der Waals surface area contributed by atoms with Crippen LogP contribution >= 0.6 is 0 Å². The topological polar surface area (TPSA) is 64.4 Å². The van der Waals surface area contributed by atoms with Gasteiger partial charge in [0.05, 0.1) is 5.69 Å². The molecule has 1 N–H and O–H groups in total. The number of anilines is 1.